The average molecular weight is 211 g/mol. The van der Waals surface area contributed by atoms with Crippen molar-refractivity contribution in [1.29, 1.82) is 0 Å². The molecule has 0 bridgehead atoms. The average Bonchev–Trinajstić information content (AvgIpc) is 2.28. The van der Waals surface area contributed by atoms with Gasteiger partial charge in [0.05, 0.1) is 27.0 Å². The lowest BCUT2D eigenvalue weighted by Gasteiger charge is -2.08. The Morgan fingerprint density at radius 2 is 1.60 bits per heavy atom. The number of benzene rings is 1. The van der Waals surface area contributed by atoms with Crippen LogP contribution in [0.4, 0.5) is 10.5 Å². The molecule has 5 nitrogen and oxygen atoms in total. The molecule has 15 heavy (non-hydrogen) atoms. The maximum Gasteiger partial charge on any atom is 0.411 e. The van der Waals surface area contributed by atoms with Crippen LogP contribution >= 0.6 is 0 Å². The maximum absolute atomic E-state index is 11.0. The van der Waals surface area contributed by atoms with E-state index in [9.17, 15) is 4.79 Å². The molecule has 82 valence electrons. The Hall–Kier alpha value is -1.91. The number of hydrogen-bond donors (Lipinski definition) is 1. The number of nitrogens with one attached hydrogen (secondary N) is 1. The van der Waals surface area contributed by atoms with E-state index in [1.807, 2.05) is 0 Å². The lowest BCUT2D eigenvalue weighted by atomic mass is 10.3. The van der Waals surface area contributed by atoms with Crippen LogP contribution in [-0.4, -0.2) is 27.4 Å². The fraction of sp³-hybridized carbons (Fsp3) is 0.300. The molecule has 0 heterocycles. The first kappa shape index (κ1) is 11.2. The van der Waals surface area contributed by atoms with Crippen molar-refractivity contribution in [3.05, 3.63) is 18.2 Å². The van der Waals surface area contributed by atoms with E-state index in [4.69, 9.17) is 9.47 Å². The minimum atomic E-state index is -0.537. The molecular formula is C10H13NO4. The maximum atomic E-state index is 11.0. The van der Waals surface area contributed by atoms with Gasteiger partial charge in [0.25, 0.3) is 0 Å². The summed E-state index contributed by atoms with van der Waals surface area (Å²) in [6.45, 7) is 0. The van der Waals surface area contributed by atoms with Crippen molar-refractivity contribution in [2.75, 3.05) is 26.6 Å². The second-order valence-electron chi connectivity index (χ2n) is 2.72. The molecule has 1 aromatic rings. The van der Waals surface area contributed by atoms with Gasteiger partial charge >= 0.3 is 6.09 Å². The Bertz CT molecular complexity index is 329. The van der Waals surface area contributed by atoms with Crippen molar-refractivity contribution in [3.63, 3.8) is 0 Å². The molecule has 5 heteroatoms. The van der Waals surface area contributed by atoms with Crippen molar-refractivity contribution in [1.82, 2.24) is 0 Å². The highest BCUT2D eigenvalue weighted by Gasteiger charge is 2.05. The number of methoxy groups -OCH3 is 3. The molecule has 0 aliphatic carbocycles. The fourth-order valence-electron chi connectivity index (χ4n) is 1.05. The highest BCUT2D eigenvalue weighted by molar-refractivity contribution is 5.85. The summed E-state index contributed by atoms with van der Waals surface area (Å²) in [5, 5.41) is 2.52. The molecule has 0 saturated heterocycles. The van der Waals surface area contributed by atoms with Crippen LogP contribution in [0.1, 0.15) is 0 Å². The van der Waals surface area contributed by atoms with Crippen LogP contribution in [0, 0.1) is 0 Å². The first-order valence-corrected chi connectivity index (χ1v) is 4.27. The van der Waals surface area contributed by atoms with Gasteiger partial charge in [-0.15, -0.1) is 0 Å². The molecule has 0 aliphatic rings. The van der Waals surface area contributed by atoms with Crippen LogP contribution in [0.5, 0.6) is 11.5 Å². The zero-order valence-electron chi connectivity index (χ0n) is 8.87. The molecule has 0 atom stereocenters. The molecule has 0 unspecified atom stereocenters. The summed E-state index contributed by atoms with van der Waals surface area (Å²) in [7, 11) is 4.38. The number of amides is 1. The predicted molar refractivity (Wildman–Crippen MR) is 55.6 cm³/mol. The van der Waals surface area contributed by atoms with Gasteiger partial charge < -0.3 is 14.2 Å². The van der Waals surface area contributed by atoms with Crippen LogP contribution in [0.2, 0.25) is 0 Å². The number of hydrogen-bond acceptors (Lipinski definition) is 4. The summed E-state index contributed by atoms with van der Waals surface area (Å²) in [6, 6.07) is 5.04. The first-order chi connectivity index (χ1) is 7.19. The quantitative estimate of drug-likeness (QED) is 0.829. The monoisotopic (exact) mass is 211 g/mol. The Kier molecular flexibility index (Phi) is 3.79. The highest BCUT2D eigenvalue weighted by Crippen LogP contribution is 2.25. The summed E-state index contributed by atoms with van der Waals surface area (Å²) < 4.78 is 14.6. The van der Waals surface area contributed by atoms with Gasteiger partial charge in [-0.25, -0.2) is 4.79 Å². The molecule has 0 aromatic heterocycles. The lowest BCUT2D eigenvalue weighted by molar-refractivity contribution is 0.187. The third-order valence-electron chi connectivity index (χ3n) is 1.78. The third-order valence-corrected chi connectivity index (χ3v) is 1.78. The van der Waals surface area contributed by atoms with E-state index in [0.717, 1.165) is 0 Å². The van der Waals surface area contributed by atoms with Crippen LogP contribution in [0.3, 0.4) is 0 Å². The number of carbonyl (C=O) groups excluding carboxylic acids is 1. The van der Waals surface area contributed by atoms with E-state index in [1.54, 1.807) is 18.2 Å². The van der Waals surface area contributed by atoms with Crippen molar-refractivity contribution >= 4 is 11.8 Å². The molecule has 1 aromatic carbocycles. The summed E-state index contributed by atoms with van der Waals surface area (Å²) in [5.41, 5.74) is 0.554. The predicted octanol–water partition coefficient (Wildman–Crippen LogP) is 1.88. The van der Waals surface area contributed by atoms with Crippen LogP contribution < -0.4 is 14.8 Å². The molecule has 0 spiro atoms. The van der Waals surface area contributed by atoms with Gasteiger partial charge in [-0.2, -0.15) is 0 Å². The minimum absolute atomic E-state index is 0.537. The van der Waals surface area contributed by atoms with E-state index in [0.29, 0.717) is 17.2 Å². The van der Waals surface area contributed by atoms with Gasteiger partial charge in [-0.1, -0.05) is 0 Å². The molecular weight excluding hydrogens is 198 g/mol. The van der Waals surface area contributed by atoms with Crippen molar-refractivity contribution in [2.24, 2.45) is 0 Å². The minimum Gasteiger partial charge on any atom is -0.497 e. The molecule has 1 rings (SSSR count). The summed E-state index contributed by atoms with van der Waals surface area (Å²) in [4.78, 5) is 11.0. The zero-order chi connectivity index (χ0) is 11.3. The van der Waals surface area contributed by atoms with Gasteiger partial charge in [0, 0.05) is 18.2 Å². The third kappa shape index (κ3) is 3.05. The van der Waals surface area contributed by atoms with Gasteiger partial charge in [-0.3, -0.25) is 5.32 Å². The van der Waals surface area contributed by atoms with Crippen LogP contribution in [0.15, 0.2) is 18.2 Å². The fourth-order valence-corrected chi connectivity index (χ4v) is 1.05. The number of carbonyl (C=O) groups is 1. The first-order valence-electron chi connectivity index (χ1n) is 4.27. The molecule has 1 N–H and O–H groups in total. The SMILES string of the molecule is COC(=O)Nc1cc(OC)cc(OC)c1. The smallest absolute Gasteiger partial charge is 0.411 e. The molecule has 0 fully saturated rings. The van der Waals surface area contributed by atoms with Gasteiger partial charge in [0.15, 0.2) is 0 Å². The summed E-state index contributed by atoms with van der Waals surface area (Å²) >= 11 is 0. The molecule has 1 amide bonds. The second kappa shape index (κ2) is 5.09. The van der Waals surface area contributed by atoms with Crippen molar-refractivity contribution in [3.8, 4) is 11.5 Å². The Morgan fingerprint density at radius 3 is 2.00 bits per heavy atom. The van der Waals surface area contributed by atoms with E-state index in [-0.39, 0.29) is 0 Å². The van der Waals surface area contributed by atoms with Gasteiger partial charge in [0.2, 0.25) is 0 Å². The summed E-state index contributed by atoms with van der Waals surface area (Å²) in [6.07, 6.45) is -0.537. The highest BCUT2D eigenvalue weighted by atomic mass is 16.5. The van der Waals surface area contributed by atoms with Crippen molar-refractivity contribution < 1.29 is 19.0 Å². The molecule has 0 aliphatic heterocycles. The lowest BCUT2D eigenvalue weighted by Crippen LogP contribution is -2.10. The van der Waals surface area contributed by atoms with E-state index in [2.05, 4.69) is 10.1 Å². The van der Waals surface area contributed by atoms with E-state index >= 15 is 0 Å². The Labute approximate surface area is 87.9 Å². The van der Waals surface area contributed by atoms with E-state index < -0.39 is 6.09 Å². The number of rotatable bonds is 3. The Morgan fingerprint density at radius 1 is 1.07 bits per heavy atom. The Balaban J connectivity index is 2.91. The largest absolute Gasteiger partial charge is 0.497 e. The second-order valence-corrected chi connectivity index (χ2v) is 2.72. The standard InChI is InChI=1S/C10H13NO4/c1-13-8-4-7(11-10(12)15-3)5-9(6-8)14-2/h4-6H,1-3H3,(H,11,12). The topological polar surface area (TPSA) is 56.8 Å². The number of anilines is 1. The van der Waals surface area contributed by atoms with Crippen molar-refractivity contribution in [2.45, 2.75) is 0 Å². The van der Waals surface area contributed by atoms with Gasteiger partial charge in [-0.05, 0) is 0 Å². The summed E-state index contributed by atoms with van der Waals surface area (Å²) in [5.74, 6) is 1.20. The normalized spacial score (nSPS) is 9.27. The van der Waals surface area contributed by atoms with Gasteiger partial charge in [0.1, 0.15) is 11.5 Å². The molecule has 0 saturated carbocycles. The zero-order valence-corrected chi connectivity index (χ0v) is 8.87. The van der Waals surface area contributed by atoms with Crippen LogP contribution in [-0.2, 0) is 4.74 Å². The number of ether oxygens (including phenoxy) is 3. The molecule has 0 radical (unpaired) electrons. The van der Waals surface area contributed by atoms with E-state index in [1.165, 1.54) is 21.3 Å². The van der Waals surface area contributed by atoms with Crippen LogP contribution in [0.25, 0.3) is 0 Å².